The fraction of sp³-hybridized carbons (Fsp3) is 0.176. The zero-order valence-electron chi connectivity index (χ0n) is 32.5. The quantitative estimate of drug-likeness (QED) is 0.150. The summed E-state index contributed by atoms with van der Waals surface area (Å²) < 4.78 is 16.0. The summed E-state index contributed by atoms with van der Waals surface area (Å²) >= 11 is 0. The number of para-hydroxylation sites is 1. The number of hydrogen-bond acceptors (Lipinski definition) is 4. The zero-order valence-corrected chi connectivity index (χ0v) is 34.8. The first-order valence-electron chi connectivity index (χ1n) is 19.3. The molecule has 0 spiro atoms. The third-order valence-electron chi connectivity index (χ3n) is 11.7. The van der Waals surface area contributed by atoms with Crippen LogP contribution in [0.25, 0.3) is 38.8 Å². The first-order chi connectivity index (χ1) is 27.2. The van der Waals surface area contributed by atoms with Crippen molar-refractivity contribution >= 4 is 27.8 Å². The fourth-order valence-electron chi connectivity index (χ4n) is 8.86. The smallest absolute Gasteiger partial charge is 0.512 e. The topological polar surface area (TPSA) is 48.6 Å². The minimum atomic E-state index is -0.603. The Balaban J connectivity index is 0.00000422. The Labute approximate surface area is 348 Å². The van der Waals surface area contributed by atoms with Crippen LogP contribution in [0.5, 0.6) is 11.5 Å². The number of aryl methyl sites for hydroxylation is 1. The number of pyridine rings is 1. The van der Waals surface area contributed by atoms with Gasteiger partial charge in [0.05, 0.1) is 11.6 Å². The van der Waals surface area contributed by atoms with Gasteiger partial charge in [-0.3, -0.25) is 4.99 Å². The van der Waals surface area contributed by atoms with Gasteiger partial charge in [-0.15, -0.1) is 23.3 Å². The summed E-state index contributed by atoms with van der Waals surface area (Å²) in [4.78, 5) is 10.3. The Hall–Kier alpha value is -5.77. The first kappa shape index (κ1) is 36.8. The van der Waals surface area contributed by atoms with E-state index in [-0.39, 0.29) is 38.4 Å². The number of aliphatic imine (C=N–C) groups is 1. The summed E-state index contributed by atoms with van der Waals surface area (Å²) in [5.41, 5.74) is 10.8. The van der Waals surface area contributed by atoms with E-state index in [1.165, 1.54) is 33.2 Å². The second-order valence-electron chi connectivity index (χ2n) is 16.1. The van der Waals surface area contributed by atoms with Crippen molar-refractivity contribution in [1.29, 1.82) is 0 Å². The normalized spacial score (nSPS) is 16.2. The van der Waals surface area contributed by atoms with Crippen molar-refractivity contribution in [3.63, 3.8) is 0 Å². The maximum atomic E-state index is 6.89. The molecule has 6 heteroatoms. The van der Waals surface area contributed by atoms with Gasteiger partial charge in [-0.2, -0.15) is 6.07 Å². The molecule has 0 saturated carbocycles. The molecule has 0 unspecified atom stereocenters. The van der Waals surface area contributed by atoms with Crippen LogP contribution in [0, 0.1) is 19.1 Å². The number of rotatable bonds is 7. The van der Waals surface area contributed by atoms with Gasteiger partial charge in [-0.25, -0.2) is 4.98 Å². The zero-order chi connectivity index (χ0) is 38.2. The van der Waals surface area contributed by atoms with Crippen LogP contribution in [-0.4, -0.2) is 27.1 Å². The van der Waals surface area contributed by atoms with Gasteiger partial charge < -0.3 is 14.0 Å². The average molecular weight is 923 g/mol. The predicted octanol–water partition coefficient (Wildman–Crippen LogP) is 11.9. The van der Waals surface area contributed by atoms with E-state index < -0.39 is 5.60 Å². The molecule has 1 atom stereocenters. The van der Waals surface area contributed by atoms with Crippen molar-refractivity contribution in [3.05, 3.63) is 191 Å². The predicted molar refractivity (Wildman–Crippen MR) is 225 cm³/mol. The minimum absolute atomic E-state index is 0. The van der Waals surface area contributed by atoms with Gasteiger partial charge in [-0.1, -0.05) is 159 Å². The molecule has 4 heterocycles. The summed E-state index contributed by atoms with van der Waals surface area (Å²) in [6, 6.07) is 55.9. The van der Waals surface area contributed by atoms with E-state index >= 15 is 0 Å². The molecule has 5 nitrogen and oxygen atoms in total. The van der Waals surface area contributed by atoms with Crippen LogP contribution < -0.4 is 4.74 Å². The number of benzene rings is 6. The van der Waals surface area contributed by atoms with Gasteiger partial charge >= 0.3 is 21.1 Å². The van der Waals surface area contributed by atoms with Gasteiger partial charge in [-0.05, 0) is 53.6 Å². The Kier molecular flexibility index (Phi) is 9.05. The summed E-state index contributed by atoms with van der Waals surface area (Å²) in [6.45, 7) is 10.9. The molecule has 2 aliphatic heterocycles. The van der Waals surface area contributed by atoms with Gasteiger partial charge in [0, 0.05) is 34.4 Å². The molecule has 0 saturated heterocycles. The van der Waals surface area contributed by atoms with Gasteiger partial charge in [0.1, 0.15) is 17.1 Å². The van der Waals surface area contributed by atoms with E-state index in [1.807, 2.05) is 24.4 Å². The third-order valence-corrected chi connectivity index (χ3v) is 11.7. The summed E-state index contributed by atoms with van der Waals surface area (Å²) in [6.07, 6.45) is 1.86. The molecule has 282 valence electrons. The van der Waals surface area contributed by atoms with Crippen molar-refractivity contribution in [2.24, 2.45) is 4.99 Å². The average Bonchev–Trinajstić information content (AvgIpc) is 3.73. The summed E-state index contributed by atoms with van der Waals surface area (Å²) in [7, 11) is 0. The molecule has 2 aromatic heterocycles. The minimum Gasteiger partial charge on any atom is -0.512 e. The molecular formula is C51H41N3O2Pt. The third kappa shape index (κ3) is 6.11. The molecule has 0 radical (unpaired) electrons. The van der Waals surface area contributed by atoms with Crippen LogP contribution >= 0.6 is 0 Å². The van der Waals surface area contributed by atoms with Crippen LogP contribution in [0.15, 0.2) is 151 Å². The fourth-order valence-corrected chi connectivity index (χ4v) is 8.86. The second kappa shape index (κ2) is 14.0. The van der Waals surface area contributed by atoms with Crippen LogP contribution in [-0.2, 0) is 31.2 Å². The van der Waals surface area contributed by atoms with E-state index in [0.717, 1.165) is 39.0 Å². The largest absolute Gasteiger partial charge is 2.00 e. The van der Waals surface area contributed by atoms with E-state index in [4.69, 9.17) is 19.5 Å². The molecule has 0 N–H and O–H groups in total. The number of fused-ring (bicyclic) bond motifs is 5. The molecule has 0 amide bonds. The summed E-state index contributed by atoms with van der Waals surface area (Å²) in [5.74, 6) is 1.74. The van der Waals surface area contributed by atoms with Crippen molar-refractivity contribution < 1.29 is 30.5 Å². The van der Waals surface area contributed by atoms with Gasteiger partial charge in [0.15, 0.2) is 0 Å². The molecule has 0 fully saturated rings. The molecule has 10 rings (SSSR count). The Bertz CT molecular complexity index is 2790. The van der Waals surface area contributed by atoms with Crippen molar-refractivity contribution in [3.8, 4) is 28.3 Å². The maximum absolute atomic E-state index is 6.89. The molecule has 0 bridgehead atoms. The molecular weight excluding hydrogens is 882 g/mol. The maximum Gasteiger partial charge on any atom is 2.00 e. The molecule has 2 aliphatic rings. The second-order valence-corrected chi connectivity index (χ2v) is 16.1. The van der Waals surface area contributed by atoms with Gasteiger partial charge in [0.25, 0.3) is 0 Å². The van der Waals surface area contributed by atoms with Crippen LogP contribution in [0.1, 0.15) is 67.0 Å². The van der Waals surface area contributed by atoms with E-state index in [1.54, 1.807) is 0 Å². The number of ether oxygens (including phenoxy) is 2. The van der Waals surface area contributed by atoms with Crippen molar-refractivity contribution in [2.45, 2.75) is 57.6 Å². The van der Waals surface area contributed by atoms with E-state index in [9.17, 15) is 0 Å². The van der Waals surface area contributed by atoms with Crippen LogP contribution in [0.3, 0.4) is 0 Å². The van der Waals surface area contributed by atoms with Crippen LogP contribution in [0.4, 0.5) is 0 Å². The SMILES string of the molecule is Cc1cc2c([c-]c1Oc1[c-]c(C3=N[C@H](C(c4ccccc4)c4ccccc4)C(C)(C)O3)cc(-c3ccccc3)c1)-n1c3ncccc3c3cccc(c31)C2(C)C.[Pt+2]. The van der Waals surface area contributed by atoms with E-state index in [0.29, 0.717) is 17.4 Å². The van der Waals surface area contributed by atoms with Crippen LogP contribution in [0.2, 0.25) is 0 Å². The van der Waals surface area contributed by atoms with Crippen molar-refractivity contribution in [2.75, 3.05) is 0 Å². The summed E-state index contributed by atoms with van der Waals surface area (Å²) in [5, 5.41) is 2.31. The van der Waals surface area contributed by atoms with E-state index in [2.05, 4.69) is 173 Å². The number of hydrogen-bond donors (Lipinski definition) is 0. The Morgan fingerprint density at radius 1 is 0.702 bits per heavy atom. The Morgan fingerprint density at radius 2 is 1.37 bits per heavy atom. The standard InChI is InChI=1S/C51H41N3O2.Pt/c1-32-27-42-43(54-46-39(40-24-16-26-52-48(40)54)23-15-25-41(46)50(42,2)3)31-44(32)55-38-29-36(33-17-9-6-10-18-33)28-37(30-38)49-53-47(51(4,5)56-49)45(34-19-11-7-12-20-34)35-21-13-8-14-22-35;/h6-29,45,47H,1-5H3;/q-2;+2/t47-;/m1./s1. The number of nitrogens with zero attached hydrogens (tertiary/aromatic N) is 3. The first-order valence-corrected chi connectivity index (χ1v) is 19.3. The monoisotopic (exact) mass is 922 g/mol. The molecule has 57 heavy (non-hydrogen) atoms. The molecule has 8 aromatic rings. The molecule has 0 aliphatic carbocycles. The van der Waals surface area contributed by atoms with Crippen molar-refractivity contribution in [1.82, 2.24) is 9.55 Å². The number of aromatic nitrogens is 2. The Morgan fingerprint density at radius 3 is 2.07 bits per heavy atom. The van der Waals surface area contributed by atoms with Gasteiger partial charge in [0.2, 0.25) is 0 Å². The molecule has 6 aromatic carbocycles.